The molecule has 0 heterocycles. The summed E-state index contributed by atoms with van der Waals surface area (Å²) in [6, 6.07) is 0. The van der Waals surface area contributed by atoms with Gasteiger partial charge in [0.1, 0.15) is 0 Å². The van der Waals surface area contributed by atoms with Gasteiger partial charge < -0.3 is 9.79 Å². The molecule has 4 nitrogen and oxygen atoms in total. The molecule has 0 saturated heterocycles. The second-order valence-electron chi connectivity index (χ2n) is 15.2. The van der Waals surface area contributed by atoms with Crippen molar-refractivity contribution in [3.63, 3.8) is 0 Å². The molecule has 0 spiro atoms. The van der Waals surface area contributed by atoms with Crippen molar-refractivity contribution in [1.82, 2.24) is 0 Å². The molecule has 2 unspecified atom stereocenters. The predicted molar refractivity (Wildman–Crippen MR) is 208 cm³/mol. The fourth-order valence-corrected chi connectivity index (χ4v) is 8.03. The zero-order valence-corrected chi connectivity index (χ0v) is 33.4. The first-order valence-corrected chi connectivity index (χ1v) is 23.2. The van der Waals surface area contributed by atoms with Crippen LogP contribution in [0.1, 0.15) is 258 Å². The maximum Gasteiger partial charge on any atom is 0.469 e. The third kappa shape index (κ3) is 37.2. The average Bonchev–Trinajstić information content (AvgIpc) is 3.04. The van der Waals surface area contributed by atoms with Crippen LogP contribution < -0.4 is 0 Å². The Labute approximate surface area is 296 Å². The van der Waals surface area contributed by atoms with Crippen molar-refractivity contribution in [3.05, 3.63) is 0 Å². The van der Waals surface area contributed by atoms with E-state index in [1.165, 1.54) is 193 Å². The lowest BCUT2D eigenvalue weighted by molar-refractivity contribution is 0.0693. The van der Waals surface area contributed by atoms with E-state index < -0.39 is 7.82 Å². The lowest BCUT2D eigenvalue weighted by Crippen LogP contribution is -2.24. The second-order valence-corrected chi connectivity index (χ2v) is 16.4. The number of unbranched alkanes of at least 4 members (excludes halogenated alkanes) is 31. The van der Waals surface area contributed by atoms with E-state index in [0.717, 1.165) is 44.9 Å². The van der Waals surface area contributed by atoms with Crippen LogP contribution in [0.4, 0.5) is 0 Å². The van der Waals surface area contributed by atoms with Crippen molar-refractivity contribution in [2.45, 2.75) is 264 Å². The van der Waals surface area contributed by atoms with Gasteiger partial charge in [-0.25, -0.2) is 4.57 Å². The molecule has 0 amide bonds. The molecule has 0 fully saturated rings. The highest BCUT2D eigenvalue weighted by Gasteiger charge is 2.28. The van der Waals surface area contributed by atoms with E-state index in [1.807, 2.05) is 0 Å². The molecule has 5 heteroatoms. The summed E-state index contributed by atoms with van der Waals surface area (Å²) in [6.07, 6.45) is 47.6. The fraction of sp³-hybridized carbons (Fsp3) is 1.00. The van der Waals surface area contributed by atoms with Gasteiger partial charge in [0.05, 0.1) is 6.10 Å². The van der Waals surface area contributed by atoms with Gasteiger partial charge in [-0.15, -0.1) is 0 Å². The van der Waals surface area contributed by atoms with Gasteiger partial charge in [0.2, 0.25) is 0 Å². The SMILES string of the molecule is CCCCCCCCCCCCCCCCCCC(OP(=O)(O)O)C(CCCCCCCCCC)CCCCCCCCCCCC. The quantitative estimate of drug-likeness (QED) is 0.0497. The van der Waals surface area contributed by atoms with Crippen molar-refractivity contribution >= 4 is 7.82 Å². The molecule has 2 N–H and O–H groups in total. The maximum atomic E-state index is 12.0. The number of phosphoric ester groups is 1. The first-order valence-electron chi connectivity index (χ1n) is 21.7. The molecule has 0 aromatic carbocycles. The second kappa shape index (κ2) is 37.4. The monoisotopic (exact) mass is 687 g/mol. The minimum absolute atomic E-state index is 0.271. The molecular weight excluding hydrogens is 599 g/mol. The van der Waals surface area contributed by atoms with Crippen molar-refractivity contribution in [2.24, 2.45) is 5.92 Å². The Morgan fingerprint density at radius 3 is 0.809 bits per heavy atom. The first kappa shape index (κ1) is 47.1. The van der Waals surface area contributed by atoms with E-state index in [4.69, 9.17) is 4.52 Å². The Balaban J connectivity index is 4.44. The Morgan fingerprint density at radius 2 is 0.574 bits per heavy atom. The molecule has 0 rings (SSSR count). The van der Waals surface area contributed by atoms with E-state index in [0.29, 0.717) is 0 Å². The highest BCUT2D eigenvalue weighted by molar-refractivity contribution is 7.46. The van der Waals surface area contributed by atoms with Crippen LogP contribution in [0.3, 0.4) is 0 Å². The number of rotatable bonds is 40. The molecule has 0 aromatic rings. The van der Waals surface area contributed by atoms with Gasteiger partial charge >= 0.3 is 7.82 Å². The molecule has 0 bridgehead atoms. The van der Waals surface area contributed by atoms with Crippen LogP contribution in [-0.4, -0.2) is 15.9 Å². The minimum Gasteiger partial charge on any atom is -0.303 e. The molecule has 0 aliphatic carbocycles. The predicted octanol–water partition coefficient (Wildman–Crippen LogP) is 15.6. The summed E-state index contributed by atoms with van der Waals surface area (Å²) in [7, 11) is -4.49. The molecule has 0 aliphatic heterocycles. The normalized spacial score (nSPS) is 13.4. The zero-order chi connectivity index (χ0) is 34.5. The highest BCUT2D eigenvalue weighted by Crippen LogP contribution is 2.42. The molecule has 0 aromatic heterocycles. The number of hydrogen-bond donors (Lipinski definition) is 2. The lowest BCUT2D eigenvalue weighted by Gasteiger charge is -2.28. The molecule has 0 aliphatic rings. The third-order valence-corrected chi connectivity index (χ3v) is 11.0. The number of phosphoric acid groups is 1. The van der Waals surface area contributed by atoms with Crippen LogP contribution in [0.25, 0.3) is 0 Å². The smallest absolute Gasteiger partial charge is 0.303 e. The summed E-state index contributed by atoms with van der Waals surface area (Å²) < 4.78 is 17.6. The summed E-state index contributed by atoms with van der Waals surface area (Å²) in [5.74, 6) is 0.271. The van der Waals surface area contributed by atoms with Crippen molar-refractivity contribution in [3.8, 4) is 0 Å². The average molecular weight is 687 g/mol. The van der Waals surface area contributed by atoms with Crippen molar-refractivity contribution in [2.75, 3.05) is 0 Å². The van der Waals surface area contributed by atoms with Gasteiger partial charge in [0.15, 0.2) is 0 Å². The van der Waals surface area contributed by atoms with Gasteiger partial charge in [-0.2, -0.15) is 0 Å². The van der Waals surface area contributed by atoms with E-state index in [9.17, 15) is 14.4 Å². The van der Waals surface area contributed by atoms with Gasteiger partial charge in [-0.3, -0.25) is 4.52 Å². The minimum atomic E-state index is -4.49. The Bertz CT molecular complexity index is 636. The lowest BCUT2D eigenvalue weighted by atomic mass is 9.87. The highest BCUT2D eigenvalue weighted by atomic mass is 31.2. The zero-order valence-electron chi connectivity index (χ0n) is 32.5. The summed E-state index contributed by atoms with van der Waals surface area (Å²) in [6.45, 7) is 6.83. The Hall–Kier alpha value is 0.110. The standard InChI is InChI=1S/C42H87O4P/c1-4-7-10-13-16-19-21-22-23-24-25-26-28-31-34-37-40-42(46-47(43,44)45)41(38-35-32-29-18-15-12-9-6-3)39-36-33-30-27-20-17-14-11-8-5-2/h41-42H,4-40H2,1-3H3,(H2,43,44,45). The van der Waals surface area contributed by atoms with Crippen LogP contribution in [0, 0.1) is 5.92 Å². The van der Waals surface area contributed by atoms with Gasteiger partial charge in [0.25, 0.3) is 0 Å². The summed E-state index contributed by atoms with van der Waals surface area (Å²) in [5, 5.41) is 0. The first-order chi connectivity index (χ1) is 22.9. The molecule has 0 saturated carbocycles. The van der Waals surface area contributed by atoms with Gasteiger partial charge in [0, 0.05) is 0 Å². The summed E-state index contributed by atoms with van der Waals surface area (Å²) in [4.78, 5) is 19.6. The van der Waals surface area contributed by atoms with E-state index >= 15 is 0 Å². The Morgan fingerprint density at radius 1 is 0.362 bits per heavy atom. The van der Waals surface area contributed by atoms with E-state index in [2.05, 4.69) is 20.8 Å². The molecular formula is C42H87O4P. The van der Waals surface area contributed by atoms with Crippen LogP contribution in [0.15, 0.2) is 0 Å². The van der Waals surface area contributed by atoms with Crippen molar-refractivity contribution < 1.29 is 18.9 Å². The molecule has 47 heavy (non-hydrogen) atoms. The molecule has 0 radical (unpaired) electrons. The van der Waals surface area contributed by atoms with Crippen LogP contribution in [0.2, 0.25) is 0 Å². The summed E-state index contributed by atoms with van der Waals surface area (Å²) in [5.41, 5.74) is 0. The van der Waals surface area contributed by atoms with Crippen molar-refractivity contribution in [1.29, 1.82) is 0 Å². The van der Waals surface area contributed by atoms with Gasteiger partial charge in [-0.1, -0.05) is 239 Å². The van der Waals surface area contributed by atoms with E-state index in [-0.39, 0.29) is 12.0 Å². The van der Waals surface area contributed by atoms with Crippen LogP contribution in [0.5, 0.6) is 0 Å². The van der Waals surface area contributed by atoms with E-state index in [1.54, 1.807) is 0 Å². The number of hydrogen-bond acceptors (Lipinski definition) is 2. The Kier molecular flexibility index (Phi) is 37.5. The maximum absolute atomic E-state index is 12.0. The third-order valence-electron chi connectivity index (χ3n) is 10.5. The molecule has 2 atom stereocenters. The summed E-state index contributed by atoms with van der Waals surface area (Å²) >= 11 is 0. The van der Waals surface area contributed by atoms with Crippen LogP contribution in [-0.2, 0) is 9.09 Å². The van der Waals surface area contributed by atoms with Gasteiger partial charge in [-0.05, 0) is 25.2 Å². The molecule has 284 valence electrons. The fourth-order valence-electron chi connectivity index (χ4n) is 7.39. The van der Waals surface area contributed by atoms with Crippen LogP contribution >= 0.6 is 7.82 Å². The topological polar surface area (TPSA) is 66.8 Å². The largest absolute Gasteiger partial charge is 0.469 e.